The monoisotopic (exact) mass is 224 g/mol. The molecule has 0 bridgehead atoms. The van der Waals surface area contributed by atoms with Crippen molar-refractivity contribution in [1.29, 1.82) is 0 Å². The second kappa shape index (κ2) is 5.19. The Hall–Kier alpha value is -0.990. The highest BCUT2D eigenvalue weighted by molar-refractivity contribution is 5.85. The smallest absolute Gasteiger partial charge is 0.0390 e. The van der Waals surface area contributed by atoms with Gasteiger partial charge in [-0.1, -0.05) is 24.3 Å². The highest BCUT2D eigenvalue weighted by Crippen LogP contribution is 2.26. The first-order chi connectivity index (χ1) is 6.77. The predicted octanol–water partition coefficient (Wildman–Crippen LogP) is 2.41. The fourth-order valence-electron chi connectivity index (χ4n) is 1.80. The highest BCUT2D eigenvalue weighted by Gasteiger charge is 2.10. The van der Waals surface area contributed by atoms with E-state index < -0.39 is 0 Å². The molecule has 2 nitrogen and oxygen atoms in total. The molecule has 3 heteroatoms. The number of likely N-dealkylation sites (N-methyl/N-ethyl adjacent to an activating group) is 1. The van der Waals surface area contributed by atoms with Gasteiger partial charge in [-0.05, 0) is 25.1 Å². The van der Waals surface area contributed by atoms with Gasteiger partial charge < -0.3 is 10.6 Å². The number of nitrogens with zero attached hydrogens (tertiary/aromatic N) is 1. The first-order valence-electron chi connectivity index (χ1n) is 5.00. The number of benzene rings is 1. The number of nitrogen functional groups attached to an aromatic ring is 1. The van der Waals surface area contributed by atoms with E-state index in [1.165, 1.54) is 11.1 Å². The molecule has 0 aliphatic carbocycles. The molecule has 1 aromatic rings. The molecule has 82 valence electrons. The van der Waals surface area contributed by atoms with Gasteiger partial charge in [0.15, 0.2) is 0 Å². The predicted molar refractivity (Wildman–Crippen MR) is 68.2 cm³/mol. The molecule has 15 heavy (non-hydrogen) atoms. The molecule has 0 aromatic heterocycles. The van der Waals surface area contributed by atoms with Crippen LogP contribution in [0.15, 0.2) is 30.3 Å². The summed E-state index contributed by atoms with van der Waals surface area (Å²) in [6, 6.07) is 8.10. The van der Waals surface area contributed by atoms with E-state index in [9.17, 15) is 0 Å². The molecule has 1 aromatic carbocycles. The van der Waals surface area contributed by atoms with Crippen LogP contribution in [-0.4, -0.2) is 25.0 Å². The van der Waals surface area contributed by atoms with Gasteiger partial charge in [0.05, 0.1) is 0 Å². The number of rotatable bonds is 1. The largest absolute Gasteiger partial charge is 0.398 e. The van der Waals surface area contributed by atoms with E-state index >= 15 is 0 Å². The van der Waals surface area contributed by atoms with Gasteiger partial charge in [-0.25, -0.2) is 0 Å². The molecular formula is C12H17ClN2. The summed E-state index contributed by atoms with van der Waals surface area (Å²) in [6.07, 6.45) is 3.37. The van der Waals surface area contributed by atoms with E-state index in [0.717, 1.165) is 25.2 Å². The summed E-state index contributed by atoms with van der Waals surface area (Å²) >= 11 is 0. The normalized spacial score (nSPS) is 16.7. The summed E-state index contributed by atoms with van der Waals surface area (Å²) in [5.74, 6) is 0. The molecule has 1 aliphatic rings. The number of hydrogen-bond donors (Lipinski definition) is 1. The number of anilines is 1. The lowest BCUT2D eigenvalue weighted by molar-refractivity contribution is 0.370. The van der Waals surface area contributed by atoms with E-state index in [1.54, 1.807) is 0 Å². The van der Waals surface area contributed by atoms with Crippen LogP contribution in [0.1, 0.15) is 12.0 Å². The molecule has 1 heterocycles. The maximum absolute atomic E-state index is 5.93. The molecule has 2 N–H and O–H groups in total. The molecule has 0 radical (unpaired) electrons. The zero-order valence-electron chi connectivity index (χ0n) is 8.94. The molecule has 2 rings (SSSR count). The second-order valence-electron chi connectivity index (χ2n) is 3.83. The standard InChI is InChI=1S/C12H16N2.ClH/c1-14-8-6-10(7-9-14)11-4-2-3-5-12(11)13;/h2-6H,7-9,13H2,1H3;1H. The number of halogens is 1. The van der Waals surface area contributed by atoms with Gasteiger partial charge in [0.2, 0.25) is 0 Å². The molecule has 0 spiro atoms. The molecule has 0 saturated heterocycles. The summed E-state index contributed by atoms with van der Waals surface area (Å²) in [4.78, 5) is 2.31. The van der Waals surface area contributed by atoms with Crippen molar-refractivity contribution in [1.82, 2.24) is 4.90 Å². The third-order valence-corrected chi connectivity index (χ3v) is 2.72. The molecule has 0 fully saturated rings. The Morgan fingerprint density at radius 2 is 2.00 bits per heavy atom. The minimum absolute atomic E-state index is 0. The van der Waals surface area contributed by atoms with Gasteiger partial charge in [-0.2, -0.15) is 0 Å². The molecular weight excluding hydrogens is 208 g/mol. The van der Waals surface area contributed by atoms with Crippen molar-refractivity contribution in [2.75, 3.05) is 25.9 Å². The van der Waals surface area contributed by atoms with Gasteiger partial charge >= 0.3 is 0 Å². The molecule has 0 saturated carbocycles. The lowest BCUT2D eigenvalue weighted by atomic mass is 9.98. The Kier molecular flexibility index (Phi) is 4.18. The maximum atomic E-state index is 5.93. The highest BCUT2D eigenvalue weighted by atomic mass is 35.5. The van der Waals surface area contributed by atoms with E-state index in [0.29, 0.717) is 0 Å². The van der Waals surface area contributed by atoms with Crippen LogP contribution in [0.5, 0.6) is 0 Å². The van der Waals surface area contributed by atoms with E-state index in [-0.39, 0.29) is 12.4 Å². The van der Waals surface area contributed by atoms with Crippen molar-refractivity contribution >= 4 is 23.7 Å². The lowest BCUT2D eigenvalue weighted by Crippen LogP contribution is -2.23. The zero-order chi connectivity index (χ0) is 9.97. The SMILES string of the molecule is CN1CC=C(c2ccccc2N)CC1.Cl. The minimum Gasteiger partial charge on any atom is -0.398 e. The van der Waals surface area contributed by atoms with Crippen LogP contribution in [0, 0.1) is 0 Å². The number of para-hydroxylation sites is 1. The van der Waals surface area contributed by atoms with Crippen molar-refractivity contribution in [2.24, 2.45) is 0 Å². The van der Waals surface area contributed by atoms with E-state index in [4.69, 9.17) is 5.73 Å². The summed E-state index contributed by atoms with van der Waals surface area (Å²) in [7, 11) is 2.14. The van der Waals surface area contributed by atoms with Crippen LogP contribution >= 0.6 is 12.4 Å². The number of nitrogens with two attached hydrogens (primary N) is 1. The molecule has 1 aliphatic heterocycles. The Labute approximate surface area is 97.2 Å². The summed E-state index contributed by atoms with van der Waals surface area (Å²) in [5.41, 5.74) is 9.42. The van der Waals surface area contributed by atoms with Crippen LogP contribution in [0.3, 0.4) is 0 Å². The fraction of sp³-hybridized carbons (Fsp3) is 0.333. The molecule has 0 amide bonds. The van der Waals surface area contributed by atoms with E-state index in [2.05, 4.69) is 24.1 Å². The minimum atomic E-state index is 0. The first-order valence-corrected chi connectivity index (χ1v) is 5.00. The Balaban J connectivity index is 0.00000112. The third-order valence-electron chi connectivity index (χ3n) is 2.72. The van der Waals surface area contributed by atoms with Crippen molar-refractivity contribution in [3.05, 3.63) is 35.9 Å². The average Bonchev–Trinajstić information content (AvgIpc) is 2.20. The maximum Gasteiger partial charge on any atom is 0.0390 e. The lowest BCUT2D eigenvalue weighted by Gasteiger charge is -2.22. The van der Waals surface area contributed by atoms with Gasteiger partial charge in [0.1, 0.15) is 0 Å². The zero-order valence-corrected chi connectivity index (χ0v) is 9.76. The van der Waals surface area contributed by atoms with Crippen LogP contribution in [0.2, 0.25) is 0 Å². The molecule has 0 unspecified atom stereocenters. The van der Waals surface area contributed by atoms with E-state index in [1.807, 2.05) is 18.2 Å². The Morgan fingerprint density at radius 3 is 2.60 bits per heavy atom. The summed E-state index contributed by atoms with van der Waals surface area (Å²) < 4.78 is 0. The third kappa shape index (κ3) is 2.74. The van der Waals surface area contributed by atoms with Crippen molar-refractivity contribution < 1.29 is 0 Å². The van der Waals surface area contributed by atoms with Crippen LogP contribution < -0.4 is 5.73 Å². The quantitative estimate of drug-likeness (QED) is 0.743. The average molecular weight is 225 g/mol. The Morgan fingerprint density at radius 1 is 1.27 bits per heavy atom. The Bertz CT molecular complexity index is 360. The topological polar surface area (TPSA) is 29.3 Å². The second-order valence-corrected chi connectivity index (χ2v) is 3.83. The summed E-state index contributed by atoms with van der Waals surface area (Å²) in [5, 5.41) is 0. The molecule has 0 atom stereocenters. The van der Waals surface area contributed by atoms with Gasteiger partial charge in [0, 0.05) is 24.3 Å². The number of hydrogen-bond acceptors (Lipinski definition) is 2. The van der Waals surface area contributed by atoms with Gasteiger partial charge in [-0.15, -0.1) is 12.4 Å². The van der Waals surface area contributed by atoms with Crippen LogP contribution in [0.25, 0.3) is 5.57 Å². The fourth-order valence-corrected chi connectivity index (χ4v) is 1.80. The van der Waals surface area contributed by atoms with Crippen molar-refractivity contribution in [3.63, 3.8) is 0 Å². The van der Waals surface area contributed by atoms with Crippen molar-refractivity contribution in [3.8, 4) is 0 Å². The first kappa shape index (κ1) is 12.1. The van der Waals surface area contributed by atoms with Gasteiger partial charge in [0.25, 0.3) is 0 Å². The summed E-state index contributed by atoms with van der Waals surface area (Å²) in [6.45, 7) is 2.16. The van der Waals surface area contributed by atoms with Crippen molar-refractivity contribution in [2.45, 2.75) is 6.42 Å². The van der Waals surface area contributed by atoms with Crippen LogP contribution in [-0.2, 0) is 0 Å². The van der Waals surface area contributed by atoms with Crippen LogP contribution in [0.4, 0.5) is 5.69 Å². The van der Waals surface area contributed by atoms with Gasteiger partial charge in [-0.3, -0.25) is 0 Å².